The number of aromatic nitrogens is 6. The predicted octanol–water partition coefficient (Wildman–Crippen LogP) is 5.94. The van der Waals surface area contributed by atoms with Gasteiger partial charge in [0.25, 0.3) is 0 Å². The minimum atomic E-state index is -3.20. The zero-order valence-electron chi connectivity index (χ0n) is 24.3. The Kier molecular flexibility index (Phi) is 7.68. The van der Waals surface area contributed by atoms with Crippen molar-refractivity contribution in [2.24, 2.45) is 5.92 Å². The first kappa shape index (κ1) is 29.1. The maximum Gasteiger partial charge on any atom is 0.224 e. The smallest absolute Gasteiger partial charge is 0.224 e. The topological polar surface area (TPSA) is 146 Å². The van der Waals surface area contributed by atoms with Crippen LogP contribution in [-0.4, -0.2) is 56.5 Å². The number of amides is 1. The summed E-state index contributed by atoms with van der Waals surface area (Å²) in [4.78, 5) is 29.2. The molecular weight excluding hydrogens is 581 g/mol. The van der Waals surface area contributed by atoms with E-state index in [0.717, 1.165) is 28.2 Å². The molecule has 0 saturated heterocycles. The van der Waals surface area contributed by atoms with Crippen molar-refractivity contribution in [2.45, 2.75) is 26.7 Å². The molecule has 0 saturated carbocycles. The van der Waals surface area contributed by atoms with Crippen LogP contribution in [0.15, 0.2) is 67.3 Å². The number of sulfone groups is 1. The molecule has 5 heterocycles. The first-order valence-electron chi connectivity index (χ1n) is 14.1. The van der Waals surface area contributed by atoms with Crippen molar-refractivity contribution in [1.29, 1.82) is 0 Å². The number of aryl methyl sites for hydroxylation is 1. The largest absolute Gasteiger partial charge is 0.352 e. The quantitative estimate of drug-likeness (QED) is 0.183. The van der Waals surface area contributed by atoms with Crippen LogP contribution in [0.4, 0.5) is 10.1 Å². The number of H-pyrrole nitrogens is 2. The van der Waals surface area contributed by atoms with Gasteiger partial charge in [0.2, 0.25) is 5.91 Å². The van der Waals surface area contributed by atoms with E-state index < -0.39 is 15.7 Å². The summed E-state index contributed by atoms with van der Waals surface area (Å²) in [5, 5.41) is 11.3. The number of hydrogen-bond donors (Lipinski definition) is 3. The molecular formula is C32H30FN7O3S. The summed E-state index contributed by atoms with van der Waals surface area (Å²) in [6.07, 6.45) is 8.43. The highest BCUT2D eigenvalue weighted by molar-refractivity contribution is 7.90. The number of nitrogens with one attached hydrogen (secondary N) is 3. The molecule has 1 amide bonds. The fourth-order valence-electron chi connectivity index (χ4n) is 5.14. The lowest BCUT2D eigenvalue weighted by Crippen LogP contribution is -2.14. The fourth-order valence-corrected chi connectivity index (χ4v) is 5.75. The zero-order chi connectivity index (χ0) is 31.0. The Balaban J connectivity index is 1.36. The molecule has 1 aromatic carbocycles. The van der Waals surface area contributed by atoms with Crippen LogP contribution in [0.5, 0.6) is 0 Å². The minimum absolute atomic E-state index is 0.0685. The van der Waals surface area contributed by atoms with Crippen LogP contribution in [0, 0.1) is 11.7 Å². The molecule has 0 fully saturated rings. The van der Waals surface area contributed by atoms with Gasteiger partial charge in [0.1, 0.15) is 26.9 Å². The van der Waals surface area contributed by atoms with Gasteiger partial charge >= 0.3 is 0 Å². The summed E-state index contributed by atoms with van der Waals surface area (Å²) < 4.78 is 38.0. The van der Waals surface area contributed by atoms with Gasteiger partial charge in [0, 0.05) is 41.6 Å². The normalized spacial score (nSPS) is 11.9. The number of rotatable bonds is 9. The maximum atomic E-state index is 14.6. The zero-order valence-corrected chi connectivity index (χ0v) is 25.2. The SMILES string of the molecule is CC(C)CC(=O)Nc1cncc(-c2ccc3[nH]nc(-c4cc5c(-c6cc(F)cc(CCS(C)(=O)=O)c6)cncc5[nH]4)c3n2)c1. The molecule has 0 aliphatic carbocycles. The number of anilines is 1. The van der Waals surface area contributed by atoms with E-state index in [4.69, 9.17) is 4.98 Å². The fraction of sp³-hybridized carbons (Fsp3) is 0.219. The molecule has 0 spiro atoms. The summed E-state index contributed by atoms with van der Waals surface area (Å²) >= 11 is 0. The van der Waals surface area contributed by atoms with Crippen LogP contribution in [0.3, 0.4) is 0 Å². The Labute approximate surface area is 253 Å². The first-order chi connectivity index (χ1) is 21.0. The molecule has 0 atom stereocenters. The van der Waals surface area contributed by atoms with E-state index in [2.05, 4.69) is 30.5 Å². The van der Waals surface area contributed by atoms with Crippen molar-refractivity contribution >= 4 is 43.4 Å². The lowest BCUT2D eigenvalue weighted by molar-refractivity contribution is -0.116. The van der Waals surface area contributed by atoms with Crippen molar-refractivity contribution in [3.8, 4) is 33.8 Å². The molecule has 0 aliphatic rings. The Morgan fingerprint density at radius 3 is 2.59 bits per heavy atom. The van der Waals surface area contributed by atoms with Gasteiger partial charge in [0.15, 0.2) is 0 Å². The molecule has 224 valence electrons. The number of carbonyl (C=O) groups is 1. The third-order valence-corrected chi connectivity index (χ3v) is 8.10. The van der Waals surface area contributed by atoms with Gasteiger partial charge in [-0.25, -0.2) is 17.8 Å². The third kappa shape index (κ3) is 6.35. The van der Waals surface area contributed by atoms with Crippen LogP contribution in [-0.2, 0) is 21.1 Å². The standard InChI is InChI=1S/C32H30FN7O3S/c1-18(2)8-30(41)36-23-12-21(14-34-15-23)26-4-5-27-31(38-26)32(40-39-27)28-13-24-25(16-35-17-29(24)37-28)20-9-19(10-22(33)11-20)6-7-44(3,42)43/h4-5,9-18,37H,6-8H2,1-3H3,(H,36,41)(H,39,40). The van der Waals surface area contributed by atoms with E-state index in [1.807, 2.05) is 38.1 Å². The summed E-state index contributed by atoms with van der Waals surface area (Å²) in [6, 6.07) is 12.1. The second kappa shape index (κ2) is 11.6. The van der Waals surface area contributed by atoms with Crippen molar-refractivity contribution in [2.75, 3.05) is 17.3 Å². The van der Waals surface area contributed by atoms with E-state index in [1.54, 1.807) is 30.9 Å². The molecule has 5 aromatic heterocycles. The number of benzene rings is 1. The minimum Gasteiger partial charge on any atom is -0.352 e. The molecule has 3 N–H and O–H groups in total. The van der Waals surface area contributed by atoms with Crippen LogP contribution < -0.4 is 5.32 Å². The van der Waals surface area contributed by atoms with Gasteiger partial charge in [-0.1, -0.05) is 19.9 Å². The van der Waals surface area contributed by atoms with Gasteiger partial charge < -0.3 is 10.3 Å². The van der Waals surface area contributed by atoms with Crippen molar-refractivity contribution in [3.05, 3.63) is 78.6 Å². The van der Waals surface area contributed by atoms with Gasteiger partial charge in [0.05, 0.1) is 46.3 Å². The summed E-state index contributed by atoms with van der Waals surface area (Å²) in [5.41, 5.74) is 7.23. The van der Waals surface area contributed by atoms with E-state index in [1.165, 1.54) is 12.1 Å². The number of carbonyl (C=O) groups excluding carboxylic acids is 1. The monoisotopic (exact) mass is 611 g/mol. The van der Waals surface area contributed by atoms with Gasteiger partial charge in [-0.2, -0.15) is 5.10 Å². The molecule has 6 aromatic rings. The van der Waals surface area contributed by atoms with Crippen LogP contribution in [0.1, 0.15) is 25.8 Å². The molecule has 10 nitrogen and oxygen atoms in total. The average Bonchev–Trinajstić information content (AvgIpc) is 3.59. The molecule has 0 bridgehead atoms. The second-order valence-electron chi connectivity index (χ2n) is 11.3. The molecule has 6 rings (SSSR count). The predicted molar refractivity (Wildman–Crippen MR) is 169 cm³/mol. The number of pyridine rings is 3. The summed E-state index contributed by atoms with van der Waals surface area (Å²) in [7, 11) is -3.20. The van der Waals surface area contributed by atoms with E-state index >= 15 is 0 Å². The van der Waals surface area contributed by atoms with E-state index in [9.17, 15) is 17.6 Å². The van der Waals surface area contributed by atoms with Gasteiger partial charge in [-0.3, -0.25) is 19.9 Å². The first-order valence-corrected chi connectivity index (χ1v) is 16.1. The lowest BCUT2D eigenvalue weighted by Gasteiger charge is -2.08. The average molecular weight is 612 g/mol. The van der Waals surface area contributed by atoms with Crippen molar-refractivity contribution in [3.63, 3.8) is 0 Å². The molecule has 0 radical (unpaired) electrons. The Bertz CT molecular complexity index is 2140. The summed E-state index contributed by atoms with van der Waals surface area (Å²) in [6.45, 7) is 3.98. The van der Waals surface area contributed by atoms with Gasteiger partial charge in [-0.15, -0.1) is 0 Å². The number of nitrogens with zero attached hydrogens (tertiary/aromatic N) is 4. The van der Waals surface area contributed by atoms with Crippen LogP contribution in [0.2, 0.25) is 0 Å². The van der Waals surface area contributed by atoms with E-state index in [0.29, 0.717) is 51.4 Å². The Hall–Kier alpha value is -4.97. The highest BCUT2D eigenvalue weighted by Crippen LogP contribution is 2.34. The molecule has 44 heavy (non-hydrogen) atoms. The molecule has 0 unspecified atom stereocenters. The lowest BCUT2D eigenvalue weighted by atomic mass is 10.0. The molecule has 12 heteroatoms. The van der Waals surface area contributed by atoms with Crippen LogP contribution in [0.25, 0.3) is 55.7 Å². The van der Waals surface area contributed by atoms with Crippen molar-refractivity contribution < 1.29 is 17.6 Å². The van der Waals surface area contributed by atoms with Crippen molar-refractivity contribution in [1.82, 2.24) is 30.1 Å². The third-order valence-electron chi connectivity index (χ3n) is 7.15. The number of hydrogen-bond acceptors (Lipinski definition) is 7. The number of fused-ring (bicyclic) bond motifs is 2. The Morgan fingerprint density at radius 2 is 1.80 bits per heavy atom. The number of halogens is 1. The second-order valence-corrected chi connectivity index (χ2v) is 13.6. The molecule has 0 aliphatic heterocycles. The summed E-state index contributed by atoms with van der Waals surface area (Å²) in [5.74, 6) is -0.354. The highest BCUT2D eigenvalue weighted by atomic mass is 32.2. The maximum absolute atomic E-state index is 14.6. The highest BCUT2D eigenvalue weighted by Gasteiger charge is 2.17. The Morgan fingerprint density at radius 1 is 0.977 bits per heavy atom. The van der Waals surface area contributed by atoms with E-state index in [-0.39, 0.29) is 24.0 Å². The van der Waals surface area contributed by atoms with Gasteiger partial charge in [-0.05, 0) is 59.9 Å². The van der Waals surface area contributed by atoms with Crippen LogP contribution >= 0.6 is 0 Å². The number of aromatic amines is 2.